The van der Waals surface area contributed by atoms with Crippen molar-refractivity contribution in [3.8, 4) is 0 Å². The van der Waals surface area contributed by atoms with Gasteiger partial charge in [0, 0.05) is 12.0 Å². The Bertz CT molecular complexity index is 337. The molecule has 0 fully saturated rings. The van der Waals surface area contributed by atoms with Crippen molar-refractivity contribution < 1.29 is 4.79 Å². The second-order valence-electron chi connectivity index (χ2n) is 3.10. The van der Waals surface area contributed by atoms with Gasteiger partial charge in [-0.25, -0.2) is 0 Å². The van der Waals surface area contributed by atoms with Gasteiger partial charge in [0.05, 0.1) is 0 Å². The lowest BCUT2D eigenvalue weighted by atomic mass is 9.98. The molecule has 0 aliphatic heterocycles. The maximum atomic E-state index is 11.5. The fourth-order valence-electron chi connectivity index (χ4n) is 1.29. The number of allylic oxidation sites excluding steroid dienone is 1. The molecule has 0 saturated carbocycles. The van der Waals surface area contributed by atoms with Crippen LogP contribution in [0.2, 0.25) is 0 Å². The highest BCUT2D eigenvalue weighted by molar-refractivity contribution is 6.00. The largest absolute Gasteiger partial charge is 0.294 e. The number of carbonyl (C=O) groups is 1. The van der Waals surface area contributed by atoms with E-state index in [9.17, 15) is 4.79 Å². The molecule has 1 aromatic rings. The Morgan fingerprint density at radius 3 is 2.31 bits per heavy atom. The maximum absolute atomic E-state index is 11.5. The molecule has 13 heavy (non-hydrogen) atoms. The van der Waals surface area contributed by atoms with Gasteiger partial charge in [-0.2, -0.15) is 0 Å². The summed E-state index contributed by atoms with van der Waals surface area (Å²) in [5.41, 5.74) is 2.70. The average molecular weight is 174 g/mol. The highest BCUT2D eigenvalue weighted by Gasteiger charge is 2.08. The Morgan fingerprint density at radius 2 is 1.85 bits per heavy atom. The summed E-state index contributed by atoms with van der Waals surface area (Å²) in [6, 6.07) is 7.60. The van der Waals surface area contributed by atoms with E-state index in [0.717, 1.165) is 16.7 Å². The average Bonchev–Trinajstić information content (AvgIpc) is 2.16. The number of ketones is 1. The predicted molar refractivity (Wildman–Crippen MR) is 55.8 cm³/mol. The number of carbonyl (C=O) groups excluding carboxylic acids is 1. The third-order valence-corrected chi connectivity index (χ3v) is 2.01. The number of Topliss-reactive ketones (excluding diaryl/α,β-unsaturated/α-hetero) is 1. The molecule has 0 bridgehead atoms. The molecule has 0 spiro atoms. The van der Waals surface area contributed by atoms with Crippen molar-refractivity contribution >= 4 is 11.4 Å². The normalized spacial score (nSPS) is 9.69. The molecule has 0 aromatic heterocycles. The van der Waals surface area contributed by atoms with Crippen LogP contribution >= 0.6 is 0 Å². The summed E-state index contributed by atoms with van der Waals surface area (Å²) in [7, 11) is 0. The van der Waals surface area contributed by atoms with Crippen molar-refractivity contribution in [3.63, 3.8) is 0 Å². The van der Waals surface area contributed by atoms with E-state index in [2.05, 4.69) is 6.58 Å². The summed E-state index contributed by atoms with van der Waals surface area (Å²) < 4.78 is 0. The lowest BCUT2D eigenvalue weighted by Gasteiger charge is -2.06. The third-order valence-electron chi connectivity index (χ3n) is 2.01. The summed E-state index contributed by atoms with van der Waals surface area (Å²) in [6.07, 6.45) is 0.546. The molecule has 0 amide bonds. The van der Waals surface area contributed by atoms with Gasteiger partial charge in [0.25, 0.3) is 0 Å². The second kappa shape index (κ2) is 4.04. The summed E-state index contributed by atoms with van der Waals surface area (Å²) in [5, 5.41) is 0. The lowest BCUT2D eigenvalue weighted by Crippen LogP contribution is -2.00. The highest BCUT2D eigenvalue weighted by atomic mass is 16.1. The van der Waals surface area contributed by atoms with Crippen LogP contribution in [0, 0.1) is 0 Å². The standard InChI is InChI=1S/C12H14O/c1-4-12(13)11-8-6-5-7-10(11)9(2)3/h5-8H,2,4H2,1,3H3. The van der Waals surface area contributed by atoms with Crippen LogP contribution < -0.4 is 0 Å². The number of hydrogen-bond acceptors (Lipinski definition) is 1. The minimum atomic E-state index is 0.179. The molecule has 1 aromatic carbocycles. The van der Waals surface area contributed by atoms with E-state index in [1.807, 2.05) is 38.1 Å². The first-order chi connectivity index (χ1) is 6.16. The first-order valence-corrected chi connectivity index (χ1v) is 4.45. The summed E-state index contributed by atoms with van der Waals surface area (Å²) >= 11 is 0. The van der Waals surface area contributed by atoms with Crippen LogP contribution in [0.25, 0.3) is 5.57 Å². The Labute approximate surface area is 79.1 Å². The van der Waals surface area contributed by atoms with Crippen molar-refractivity contribution in [2.45, 2.75) is 20.3 Å². The zero-order chi connectivity index (χ0) is 9.84. The predicted octanol–water partition coefficient (Wildman–Crippen LogP) is 3.31. The van der Waals surface area contributed by atoms with Crippen LogP contribution in [-0.4, -0.2) is 5.78 Å². The molecule has 0 aliphatic carbocycles. The van der Waals surface area contributed by atoms with Crippen molar-refractivity contribution in [2.24, 2.45) is 0 Å². The van der Waals surface area contributed by atoms with Crippen molar-refractivity contribution in [3.05, 3.63) is 42.0 Å². The topological polar surface area (TPSA) is 17.1 Å². The number of benzene rings is 1. The van der Waals surface area contributed by atoms with Crippen LogP contribution in [0.1, 0.15) is 36.2 Å². The SMILES string of the molecule is C=C(C)c1ccccc1C(=O)CC. The van der Waals surface area contributed by atoms with Crippen molar-refractivity contribution in [1.82, 2.24) is 0 Å². The quantitative estimate of drug-likeness (QED) is 0.642. The van der Waals surface area contributed by atoms with E-state index in [-0.39, 0.29) is 5.78 Å². The van der Waals surface area contributed by atoms with E-state index in [1.165, 1.54) is 0 Å². The molecule has 0 unspecified atom stereocenters. The minimum Gasteiger partial charge on any atom is -0.294 e. The molecule has 0 radical (unpaired) electrons. The second-order valence-corrected chi connectivity index (χ2v) is 3.10. The molecule has 1 rings (SSSR count). The maximum Gasteiger partial charge on any atom is 0.163 e. The monoisotopic (exact) mass is 174 g/mol. The van der Waals surface area contributed by atoms with Crippen LogP contribution in [0.3, 0.4) is 0 Å². The Balaban J connectivity index is 3.19. The Hall–Kier alpha value is -1.37. The van der Waals surface area contributed by atoms with Crippen LogP contribution in [0.4, 0.5) is 0 Å². The first kappa shape index (κ1) is 9.72. The third kappa shape index (κ3) is 2.05. The van der Waals surface area contributed by atoms with Crippen molar-refractivity contribution in [2.75, 3.05) is 0 Å². The van der Waals surface area contributed by atoms with Crippen LogP contribution in [0.5, 0.6) is 0 Å². The molecule has 0 atom stereocenters. The molecular weight excluding hydrogens is 160 g/mol. The van der Waals surface area contributed by atoms with E-state index in [4.69, 9.17) is 0 Å². The van der Waals surface area contributed by atoms with Gasteiger partial charge in [0.15, 0.2) is 5.78 Å². The lowest BCUT2D eigenvalue weighted by molar-refractivity contribution is 0.0988. The summed E-state index contributed by atoms with van der Waals surface area (Å²) in [6.45, 7) is 7.64. The molecule has 0 aliphatic rings. The summed E-state index contributed by atoms with van der Waals surface area (Å²) in [4.78, 5) is 11.5. The van der Waals surface area contributed by atoms with Gasteiger partial charge >= 0.3 is 0 Å². The fourth-order valence-corrected chi connectivity index (χ4v) is 1.29. The molecule has 1 heteroatoms. The van der Waals surface area contributed by atoms with Crippen LogP contribution in [-0.2, 0) is 0 Å². The zero-order valence-corrected chi connectivity index (χ0v) is 8.13. The minimum absolute atomic E-state index is 0.179. The van der Waals surface area contributed by atoms with E-state index >= 15 is 0 Å². The highest BCUT2D eigenvalue weighted by Crippen LogP contribution is 2.18. The molecule has 0 N–H and O–H groups in total. The first-order valence-electron chi connectivity index (χ1n) is 4.45. The van der Waals surface area contributed by atoms with Gasteiger partial charge in [0.1, 0.15) is 0 Å². The van der Waals surface area contributed by atoms with E-state index in [0.29, 0.717) is 6.42 Å². The molecule has 0 saturated heterocycles. The van der Waals surface area contributed by atoms with E-state index < -0.39 is 0 Å². The fraction of sp³-hybridized carbons (Fsp3) is 0.250. The molecular formula is C12H14O. The smallest absolute Gasteiger partial charge is 0.163 e. The Morgan fingerprint density at radius 1 is 1.31 bits per heavy atom. The van der Waals surface area contributed by atoms with Crippen LogP contribution in [0.15, 0.2) is 30.8 Å². The van der Waals surface area contributed by atoms with Gasteiger partial charge in [-0.15, -0.1) is 0 Å². The summed E-state index contributed by atoms with van der Waals surface area (Å²) in [5.74, 6) is 0.179. The molecule has 1 nitrogen and oxygen atoms in total. The molecule has 68 valence electrons. The van der Waals surface area contributed by atoms with Gasteiger partial charge in [-0.1, -0.05) is 43.3 Å². The van der Waals surface area contributed by atoms with Gasteiger partial charge in [-0.3, -0.25) is 4.79 Å². The number of rotatable bonds is 3. The Kier molecular flexibility index (Phi) is 3.02. The van der Waals surface area contributed by atoms with Crippen molar-refractivity contribution in [1.29, 1.82) is 0 Å². The molecule has 0 heterocycles. The van der Waals surface area contributed by atoms with Gasteiger partial charge in [0.2, 0.25) is 0 Å². The van der Waals surface area contributed by atoms with Gasteiger partial charge in [-0.05, 0) is 12.5 Å². The zero-order valence-electron chi connectivity index (χ0n) is 8.13. The van der Waals surface area contributed by atoms with Gasteiger partial charge < -0.3 is 0 Å². The van der Waals surface area contributed by atoms with E-state index in [1.54, 1.807) is 0 Å². The number of hydrogen-bond donors (Lipinski definition) is 0.